The number of esters is 1. The smallest absolute Gasteiger partial charge is 0.338 e. The molecule has 3 aromatic rings. The number of aromatic nitrogens is 2. The summed E-state index contributed by atoms with van der Waals surface area (Å²) in [7, 11) is 0. The van der Waals surface area contributed by atoms with Crippen LogP contribution in [0.4, 0.5) is 0 Å². The Morgan fingerprint density at radius 1 is 1.32 bits per heavy atom. The number of hydrogen-bond acceptors (Lipinski definition) is 8. The van der Waals surface area contributed by atoms with Crippen molar-refractivity contribution < 1.29 is 23.5 Å². The van der Waals surface area contributed by atoms with Crippen molar-refractivity contribution in [1.29, 1.82) is 0 Å². The summed E-state index contributed by atoms with van der Waals surface area (Å²) in [5.41, 5.74) is 1.11. The minimum Gasteiger partial charge on any atom is -0.486 e. The molecule has 7 nitrogen and oxygen atoms in total. The number of thiophene rings is 1. The molecular weight excluding hydrogens is 368 g/mol. The van der Waals surface area contributed by atoms with E-state index in [1.54, 1.807) is 0 Å². The highest BCUT2D eigenvalue weighted by molar-refractivity contribution is 7.08. The molecule has 0 aliphatic carbocycles. The molecule has 4 rings (SSSR count). The highest BCUT2D eigenvalue weighted by Gasteiger charge is 2.20. The van der Waals surface area contributed by atoms with Crippen LogP contribution in [0.3, 0.4) is 0 Å². The lowest BCUT2D eigenvalue weighted by Gasteiger charge is -2.19. The van der Waals surface area contributed by atoms with Crippen molar-refractivity contribution in [2.75, 3.05) is 13.2 Å². The van der Waals surface area contributed by atoms with Gasteiger partial charge in [0, 0.05) is 10.9 Å². The first-order chi connectivity index (χ1) is 12.2. The van der Waals surface area contributed by atoms with Gasteiger partial charge < -0.3 is 18.7 Å². The molecule has 0 bridgehead atoms. The van der Waals surface area contributed by atoms with Crippen LogP contribution in [-0.4, -0.2) is 29.3 Å². The molecule has 9 heteroatoms. The molecule has 0 saturated heterocycles. The van der Waals surface area contributed by atoms with E-state index in [1.807, 2.05) is 16.8 Å². The third-order valence-corrected chi connectivity index (χ3v) is 4.37. The molecule has 0 fully saturated rings. The van der Waals surface area contributed by atoms with E-state index in [1.165, 1.54) is 23.5 Å². The van der Waals surface area contributed by atoms with Crippen LogP contribution in [0.25, 0.3) is 11.4 Å². The largest absolute Gasteiger partial charge is 0.486 e. The number of nitrogens with zero attached hydrogens (tertiary/aromatic N) is 2. The minimum atomic E-state index is -0.575. The van der Waals surface area contributed by atoms with Crippen molar-refractivity contribution in [2.45, 2.75) is 6.61 Å². The fourth-order valence-corrected chi connectivity index (χ4v) is 3.16. The summed E-state index contributed by atoms with van der Waals surface area (Å²) in [5.74, 6) is 0.937. The molecule has 25 heavy (non-hydrogen) atoms. The fraction of sp³-hybridized carbons (Fsp3) is 0.188. The number of fused-ring (bicyclic) bond motifs is 1. The van der Waals surface area contributed by atoms with Crippen LogP contribution in [0.2, 0.25) is 5.02 Å². The molecule has 0 unspecified atom stereocenters. The van der Waals surface area contributed by atoms with Gasteiger partial charge in [-0.3, -0.25) is 0 Å². The molecule has 3 heterocycles. The lowest BCUT2D eigenvalue weighted by atomic mass is 10.2. The average Bonchev–Trinajstić information content (AvgIpc) is 3.31. The van der Waals surface area contributed by atoms with Crippen LogP contribution in [0.5, 0.6) is 11.5 Å². The SMILES string of the molecule is O=C(OCc1nc(-c2ccsc2)no1)c1cc(Cl)c2c(c1)OCCO2. The molecule has 0 N–H and O–H groups in total. The topological polar surface area (TPSA) is 83.7 Å². The van der Waals surface area contributed by atoms with Gasteiger partial charge in [0.1, 0.15) is 13.2 Å². The lowest BCUT2D eigenvalue weighted by Crippen LogP contribution is -2.16. The summed E-state index contributed by atoms with van der Waals surface area (Å²) in [5, 5.41) is 7.96. The highest BCUT2D eigenvalue weighted by atomic mass is 35.5. The maximum absolute atomic E-state index is 12.2. The zero-order valence-electron chi connectivity index (χ0n) is 12.7. The maximum Gasteiger partial charge on any atom is 0.338 e. The van der Waals surface area contributed by atoms with E-state index in [2.05, 4.69) is 10.1 Å². The monoisotopic (exact) mass is 378 g/mol. The van der Waals surface area contributed by atoms with Gasteiger partial charge in [0.15, 0.2) is 18.1 Å². The minimum absolute atomic E-state index is 0.137. The predicted octanol–water partition coefficient (Wildman–Crippen LogP) is 3.58. The molecule has 0 atom stereocenters. The Labute approximate surface area is 151 Å². The summed E-state index contributed by atoms with van der Waals surface area (Å²) in [4.78, 5) is 16.4. The molecule has 1 aromatic carbocycles. The molecule has 0 saturated carbocycles. The molecule has 1 aliphatic rings. The van der Waals surface area contributed by atoms with Gasteiger partial charge in [0.25, 0.3) is 5.89 Å². The van der Waals surface area contributed by atoms with Crippen molar-refractivity contribution in [3.63, 3.8) is 0 Å². The Morgan fingerprint density at radius 2 is 2.20 bits per heavy atom. The summed E-state index contributed by atoms with van der Waals surface area (Å²) >= 11 is 7.65. The number of halogens is 1. The Hall–Kier alpha value is -2.58. The van der Waals surface area contributed by atoms with Crippen molar-refractivity contribution in [3.8, 4) is 22.9 Å². The van der Waals surface area contributed by atoms with Gasteiger partial charge in [-0.25, -0.2) is 4.79 Å². The number of benzene rings is 1. The van der Waals surface area contributed by atoms with Gasteiger partial charge in [-0.1, -0.05) is 16.8 Å². The van der Waals surface area contributed by atoms with E-state index < -0.39 is 5.97 Å². The van der Waals surface area contributed by atoms with Crippen LogP contribution in [0.1, 0.15) is 16.2 Å². The molecule has 0 amide bonds. The van der Waals surface area contributed by atoms with Gasteiger partial charge in [-0.15, -0.1) is 0 Å². The quantitative estimate of drug-likeness (QED) is 0.641. The van der Waals surface area contributed by atoms with Crippen LogP contribution in [0, 0.1) is 0 Å². The molecule has 128 valence electrons. The molecule has 0 spiro atoms. The zero-order chi connectivity index (χ0) is 17.2. The zero-order valence-corrected chi connectivity index (χ0v) is 14.3. The second kappa shape index (κ2) is 6.73. The third kappa shape index (κ3) is 3.31. The molecule has 2 aromatic heterocycles. The highest BCUT2D eigenvalue weighted by Crippen LogP contribution is 2.38. The first-order valence-corrected chi connectivity index (χ1v) is 8.64. The van der Waals surface area contributed by atoms with Gasteiger partial charge in [-0.2, -0.15) is 16.3 Å². The van der Waals surface area contributed by atoms with E-state index in [0.717, 1.165) is 5.56 Å². The third-order valence-electron chi connectivity index (χ3n) is 3.41. The summed E-state index contributed by atoms with van der Waals surface area (Å²) in [6.45, 7) is 0.678. The van der Waals surface area contributed by atoms with Crippen LogP contribution >= 0.6 is 22.9 Å². The van der Waals surface area contributed by atoms with Gasteiger partial charge in [0.2, 0.25) is 5.82 Å². The van der Waals surface area contributed by atoms with E-state index in [9.17, 15) is 4.79 Å². The van der Waals surface area contributed by atoms with Crippen LogP contribution in [0.15, 0.2) is 33.5 Å². The first kappa shape index (κ1) is 15.9. The summed E-state index contributed by atoms with van der Waals surface area (Å²) in [6, 6.07) is 4.89. The fourth-order valence-electron chi connectivity index (χ4n) is 2.26. The van der Waals surface area contributed by atoms with Crippen LogP contribution in [-0.2, 0) is 11.3 Å². The van der Waals surface area contributed by atoms with E-state index in [-0.39, 0.29) is 18.1 Å². The second-order valence-corrected chi connectivity index (χ2v) is 6.27. The lowest BCUT2D eigenvalue weighted by molar-refractivity contribution is 0.0429. The van der Waals surface area contributed by atoms with E-state index in [4.69, 9.17) is 30.3 Å². The number of ether oxygens (including phenoxy) is 3. The summed E-state index contributed by atoms with van der Waals surface area (Å²) < 4.78 is 21.1. The Bertz CT molecular complexity index is 909. The Morgan fingerprint density at radius 3 is 3.04 bits per heavy atom. The second-order valence-electron chi connectivity index (χ2n) is 5.08. The normalized spacial score (nSPS) is 12.8. The van der Waals surface area contributed by atoms with Gasteiger partial charge in [-0.05, 0) is 23.6 Å². The van der Waals surface area contributed by atoms with E-state index in [0.29, 0.717) is 35.6 Å². The van der Waals surface area contributed by atoms with Gasteiger partial charge in [0.05, 0.1) is 10.6 Å². The number of hydrogen-bond donors (Lipinski definition) is 0. The maximum atomic E-state index is 12.2. The van der Waals surface area contributed by atoms with Crippen LogP contribution < -0.4 is 9.47 Å². The first-order valence-electron chi connectivity index (χ1n) is 7.32. The van der Waals surface area contributed by atoms with Crippen molar-refractivity contribution in [3.05, 3.63) is 45.4 Å². The van der Waals surface area contributed by atoms with Crippen molar-refractivity contribution >= 4 is 28.9 Å². The molecular formula is C16H11ClN2O5S. The number of rotatable bonds is 4. The average molecular weight is 379 g/mol. The van der Waals surface area contributed by atoms with Crippen molar-refractivity contribution in [1.82, 2.24) is 10.1 Å². The Balaban J connectivity index is 1.45. The number of carbonyl (C=O) groups is 1. The molecule has 0 radical (unpaired) electrons. The van der Waals surface area contributed by atoms with E-state index >= 15 is 0 Å². The molecule has 1 aliphatic heterocycles. The summed E-state index contributed by atoms with van der Waals surface area (Å²) in [6.07, 6.45) is 0. The Kier molecular flexibility index (Phi) is 4.29. The van der Waals surface area contributed by atoms with Crippen molar-refractivity contribution in [2.24, 2.45) is 0 Å². The predicted molar refractivity (Wildman–Crippen MR) is 89.2 cm³/mol. The number of carbonyl (C=O) groups excluding carboxylic acids is 1. The van der Waals surface area contributed by atoms with Gasteiger partial charge >= 0.3 is 5.97 Å². The standard InChI is InChI=1S/C16H11ClN2O5S/c17-11-5-10(6-12-14(11)22-3-2-21-12)16(20)23-7-13-18-15(19-24-13)9-1-4-25-8-9/h1,4-6,8H,2-3,7H2.